The van der Waals surface area contributed by atoms with Crippen molar-refractivity contribution < 1.29 is 27.5 Å². The molecular weight excluding hydrogens is 485 g/mol. The molecule has 0 spiro atoms. The zero-order chi connectivity index (χ0) is 26.2. The van der Waals surface area contributed by atoms with E-state index in [1.807, 2.05) is 15.9 Å². The third-order valence-electron chi connectivity index (χ3n) is 7.76. The Morgan fingerprint density at radius 2 is 1.86 bits per heavy atom. The van der Waals surface area contributed by atoms with Crippen molar-refractivity contribution in [1.82, 2.24) is 9.88 Å². The molecule has 3 aliphatic rings. The van der Waals surface area contributed by atoms with Crippen LogP contribution >= 0.6 is 0 Å². The summed E-state index contributed by atoms with van der Waals surface area (Å²) in [5.74, 6) is -0.0166. The molecule has 2 aromatic rings. The number of anilines is 2. The molecule has 2 aliphatic heterocycles. The second kappa shape index (κ2) is 10.3. The number of hydrogen-bond donors (Lipinski definition) is 1. The number of benzene rings is 1. The molecule has 0 unspecified atom stereocenters. The van der Waals surface area contributed by atoms with Crippen LogP contribution in [-0.4, -0.2) is 54.0 Å². The number of rotatable bonds is 5. The third-order valence-corrected chi connectivity index (χ3v) is 7.76. The van der Waals surface area contributed by atoms with Crippen LogP contribution < -0.4 is 10.2 Å². The molecule has 10 heteroatoms. The van der Waals surface area contributed by atoms with E-state index in [0.717, 1.165) is 49.7 Å². The predicted molar refractivity (Wildman–Crippen MR) is 133 cm³/mol. The quantitative estimate of drug-likeness (QED) is 0.598. The first kappa shape index (κ1) is 25.5. The van der Waals surface area contributed by atoms with Gasteiger partial charge in [-0.2, -0.15) is 13.2 Å². The molecule has 0 atom stereocenters. The Bertz CT molecular complexity index is 1170. The molecule has 2 fully saturated rings. The van der Waals surface area contributed by atoms with Gasteiger partial charge in [-0.25, -0.2) is 4.98 Å². The van der Waals surface area contributed by atoms with E-state index in [1.165, 1.54) is 12.1 Å². The van der Waals surface area contributed by atoms with Gasteiger partial charge in [0.2, 0.25) is 0 Å². The number of carbonyl (C=O) groups excluding carboxylic acids is 2. The molecule has 0 radical (unpaired) electrons. The van der Waals surface area contributed by atoms with Gasteiger partial charge in [0.15, 0.2) is 0 Å². The number of alkyl halides is 3. The molecule has 5 rings (SSSR count). The minimum atomic E-state index is -4.65. The fourth-order valence-corrected chi connectivity index (χ4v) is 5.60. The second-order valence-corrected chi connectivity index (χ2v) is 10.0. The molecule has 1 aliphatic carbocycles. The Balaban J connectivity index is 1.43. The highest BCUT2D eigenvalue weighted by Crippen LogP contribution is 2.39. The lowest BCUT2D eigenvalue weighted by molar-refractivity contribution is -0.141. The average Bonchev–Trinajstić information content (AvgIpc) is 3.23. The van der Waals surface area contributed by atoms with Crippen LogP contribution in [0.25, 0.3) is 0 Å². The fraction of sp³-hybridized carbons (Fsp3) is 0.519. The molecule has 1 aromatic heterocycles. The Morgan fingerprint density at radius 1 is 1.14 bits per heavy atom. The highest BCUT2D eigenvalue weighted by molar-refractivity contribution is 6.07. The lowest BCUT2D eigenvalue weighted by Crippen LogP contribution is -2.38. The Morgan fingerprint density at radius 3 is 2.54 bits per heavy atom. The van der Waals surface area contributed by atoms with E-state index < -0.39 is 17.8 Å². The van der Waals surface area contributed by atoms with E-state index in [9.17, 15) is 22.8 Å². The molecule has 7 nitrogen and oxygen atoms in total. The fourth-order valence-electron chi connectivity index (χ4n) is 5.60. The molecular formula is C27H31F3N4O3. The Labute approximate surface area is 214 Å². The SMILES string of the molecule is CC[C@H]1CC[C@H](N2Cc3cc(NC(=O)c4cccc(C(F)(F)F)n4)c(N4CCOCC4)cc3C2=O)CC1. The molecule has 1 saturated heterocycles. The summed E-state index contributed by atoms with van der Waals surface area (Å²) in [7, 11) is 0. The molecule has 1 N–H and O–H groups in total. The van der Waals surface area contributed by atoms with Crippen LogP contribution in [0, 0.1) is 5.92 Å². The van der Waals surface area contributed by atoms with Crippen molar-refractivity contribution in [2.75, 3.05) is 36.5 Å². The number of aromatic nitrogens is 1. The van der Waals surface area contributed by atoms with Crippen LogP contribution in [0.1, 0.15) is 71.1 Å². The van der Waals surface area contributed by atoms with Crippen LogP contribution in [0.4, 0.5) is 24.5 Å². The van der Waals surface area contributed by atoms with E-state index in [4.69, 9.17) is 4.74 Å². The van der Waals surface area contributed by atoms with Gasteiger partial charge < -0.3 is 19.9 Å². The summed E-state index contributed by atoms with van der Waals surface area (Å²) in [6, 6.07) is 7.06. The number of halogens is 3. The number of nitrogens with zero attached hydrogens (tertiary/aromatic N) is 3. The normalized spacial score (nSPS) is 22.2. The van der Waals surface area contributed by atoms with Crippen molar-refractivity contribution in [3.8, 4) is 0 Å². The topological polar surface area (TPSA) is 74.8 Å². The molecule has 1 saturated carbocycles. The van der Waals surface area contributed by atoms with Gasteiger partial charge in [-0.1, -0.05) is 19.4 Å². The molecule has 198 valence electrons. The summed E-state index contributed by atoms with van der Waals surface area (Å²) in [6.07, 6.45) is 0.715. The summed E-state index contributed by atoms with van der Waals surface area (Å²) in [6.45, 7) is 4.81. The summed E-state index contributed by atoms with van der Waals surface area (Å²) in [5, 5.41) is 2.77. The molecule has 2 amide bonds. The molecule has 1 aromatic carbocycles. The highest BCUT2D eigenvalue weighted by atomic mass is 19.4. The van der Waals surface area contributed by atoms with E-state index >= 15 is 0 Å². The van der Waals surface area contributed by atoms with Gasteiger partial charge in [0, 0.05) is 31.2 Å². The van der Waals surface area contributed by atoms with E-state index in [0.29, 0.717) is 49.8 Å². The van der Waals surface area contributed by atoms with Gasteiger partial charge in [-0.05, 0) is 61.4 Å². The number of pyridine rings is 1. The Kier molecular flexibility index (Phi) is 7.11. The van der Waals surface area contributed by atoms with Gasteiger partial charge in [-0.15, -0.1) is 0 Å². The van der Waals surface area contributed by atoms with Crippen molar-refractivity contribution in [3.63, 3.8) is 0 Å². The summed E-state index contributed by atoms with van der Waals surface area (Å²) in [4.78, 5) is 33.9. The number of ether oxygens (including phenoxy) is 1. The van der Waals surface area contributed by atoms with Gasteiger partial charge >= 0.3 is 6.18 Å². The van der Waals surface area contributed by atoms with Crippen LogP contribution in [0.5, 0.6) is 0 Å². The zero-order valence-electron chi connectivity index (χ0n) is 20.8. The maximum absolute atomic E-state index is 13.4. The summed E-state index contributed by atoms with van der Waals surface area (Å²) >= 11 is 0. The largest absolute Gasteiger partial charge is 0.433 e. The number of carbonyl (C=O) groups is 2. The predicted octanol–water partition coefficient (Wildman–Crippen LogP) is 5.11. The van der Waals surface area contributed by atoms with Crippen LogP contribution in [0.2, 0.25) is 0 Å². The molecule has 37 heavy (non-hydrogen) atoms. The minimum absolute atomic E-state index is 0.00174. The summed E-state index contributed by atoms with van der Waals surface area (Å²) < 4.78 is 44.9. The number of amides is 2. The van der Waals surface area contributed by atoms with E-state index in [-0.39, 0.29) is 17.6 Å². The van der Waals surface area contributed by atoms with Gasteiger partial charge in [0.05, 0.1) is 24.6 Å². The second-order valence-electron chi connectivity index (χ2n) is 10.0. The minimum Gasteiger partial charge on any atom is -0.378 e. The van der Waals surface area contributed by atoms with Gasteiger partial charge in [0.1, 0.15) is 11.4 Å². The first-order valence-electron chi connectivity index (χ1n) is 12.9. The molecule has 3 heterocycles. The average molecular weight is 517 g/mol. The van der Waals surface area contributed by atoms with Gasteiger partial charge in [0.25, 0.3) is 11.8 Å². The number of hydrogen-bond acceptors (Lipinski definition) is 5. The summed E-state index contributed by atoms with van der Waals surface area (Å²) in [5.41, 5.74) is 1.10. The van der Waals surface area contributed by atoms with Crippen molar-refractivity contribution in [2.45, 2.75) is 57.8 Å². The maximum atomic E-state index is 13.4. The van der Waals surface area contributed by atoms with Crippen molar-refractivity contribution >= 4 is 23.2 Å². The van der Waals surface area contributed by atoms with E-state index in [1.54, 1.807) is 6.07 Å². The first-order chi connectivity index (χ1) is 17.7. The van der Waals surface area contributed by atoms with Crippen molar-refractivity contribution in [1.29, 1.82) is 0 Å². The van der Waals surface area contributed by atoms with Gasteiger partial charge in [-0.3, -0.25) is 9.59 Å². The maximum Gasteiger partial charge on any atom is 0.433 e. The van der Waals surface area contributed by atoms with E-state index in [2.05, 4.69) is 17.2 Å². The smallest absolute Gasteiger partial charge is 0.378 e. The Hall–Kier alpha value is -3.14. The third kappa shape index (κ3) is 5.30. The van der Waals surface area contributed by atoms with Crippen LogP contribution in [-0.2, 0) is 17.5 Å². The zero-order valence-corrected chi connectivity index (χ0v) is 20.8. The van der Waals surface area contributed by atoms with Crippen LogP contribution in [0.15, 0.2) is 30.3 Å². The van der Waals surface area contributed by atoms with Crippen molar-refractivity contribution in [3.05, 3.63) is 52.8 Å². The standard InChI is InChI=1S/C27H31F3N4O3/c1-2-17-6-8-19(9-7-17)34-16-18-14-22(23(15-20(18)26(34)36)33-10-12-37-13-11-33)32-25(35)21-4-3-5-24(31-21)27(28,29)30/h3-5,14-15,17,19H,2,6-13,16H2,1H3,(H,32,35)/t17-,19-. The number of morpholine rings is 1. The lowest BCUT2D eigenvalue weighted by Gasteiger charge is -2.34. The number of fused-ring (bicyclic) bond motifs is 1. The lowest BCUT2D eigenvalue weighted by atomic mass is 9.84. The monoisotopic (exact) mass is 516 g/mol. The van der Waals surface area contributed by atoms with Crippen molar-refractivity contribution in [2.24, 2.45) is 5.92 Å². The number of nitrogens with one attached hydrogen (secondary N) is 1. The van der Waals surface area contributed by atoms with Crippen LogP contribution in [0.3, 0.4) is 0 Å². The molecule has 0 bridgehead atoms. The first-order valence-corrected chi connectivity index (χ1v) is 12.9. The highest BCUT2D eigenvalue weighted by Gasteiger charge is 2.36.